The highest BCUT2D eigenvalue weighted by atomic mass is 16.5. The Kier molecular flexibility index (Phi) is 3.76. The number of ketones is 1. The summed E-state index contributed by atoms with van der Waals surface area (Å²) in [5, 5.41) is 7.06. The Morgan fingerprint density at radius 2 is 1.84 bits per heavy atom. The minimum atomic E-state index is -0.361. The molecular formula is C16H15NO2. The first-order chi connectivity index (χ1) is 9.11. The van der Waals surface area contributed by atoms with Crippen LogP contribution in [-0.4, -0.2) is 12.0 Å². The van der Waals surface area contributed by atoms with Gasteiger partial charge in [0.1, 0.15) is 11.5 Å². The molecular weight excluding hydrogens is 238 g/mol. The lowest BCUT2D eigenvalue weighted by Gasteiger charge is -2.11. The number of nitrogens with one attached hydrogen (secondary N) is 1. The summed E-state index contributed by atoms with van der Waals surface area (Å²) in [5.41, 5.74) is 2.57. The molecule has 0 heterocycles. The van der Waals surface area contributed by atoms with Gasteiger partial charge in [0.05, 0.1) is 11.8 Å². The second-order valence-corrected chi connectivity index (χ2v) is 4.38. The van der Waals surface area contributed by atoms with Crippen LogP contribution >= 0.6 is 0 Å². The van der Waals surface area contributed by atoms with E-state index in [-0.39, 0.29) is 5.78 Å². The first kappa shape index (κ1) is 13.0. The highest BCUT2D eigenvalue weighted by Gasteiger charge is 2.11. The van der Waals surface area contributed by atoms with Gasteiger partial charge < -0.3 is 10.1 Å². The molecule has 2 rings (SSSR count). The summed E-state index contributed by atoms with van der Waals surface area (Å²) in [6, 6.07) is 12.8. The van der Waals surface area contributed by atoms with Crippen molar-refractivity contribution in [1.29, 1.82) is 5.41 Å². The van der Waals surface area contributed by atoms with Crippen molar-refractivity contribution in [3.8, 4) is 11.5 Å². The van der Waals surface area contributed by atoms with Gasteiger partial charge in [0.15, 0.2) is 0 Å². The van der Waals surface area contributed by atoms with Crippen molar-refractivity contribution in [3.63, 3.8) is 0 Å². The van der Waals surface area contributed by atoms with E-state index in [9.17, 15) is 4.79 Å². The van der Waals surface area contributed by atoms with Crippen molar-refractivity contribution in [2.45, 2.75) is 13.8 Å². The number of para-hydroxylation sites is 1. The van der Waals surface area contributed by atoms with E-state index in [0.29, 0.717) is 11.3 Å². The molecule has 96 valence electrons. The van der Waals surface area contributed by atoms with Gasteiger partial charge >= 0.3 is 0 Å². The molecule has 0 unspecified atom stereocenters. The summed E-state index contributed by atoms with van der Waals surface area (Å²) < 4.78 is 5.79. The predicted octanol–water partition coefficient (Wildman–Crippen LogP) is 3.93. The van der Waals surface area contributed by atoms with Gasteiger partial charge in [-0.25, -0.2) is 0 Å². The van der Waals surface area contributed by atoms with Gasteiger partial charge in [-0.3, -0.25) is 4.79 Å². The Balaban J connectivity index is 2.38. The van der Waals surface area contributed by atoms with E-state index in [1.54, 1.807) is 24.3 Å². The number of carbonyl (C=O) groups excluding carboxylic acids is 1. The normalized spacial score (nSPS) is 10.0. The zero-order valence-corrected chi connectivity index (χ0v) is 10.9. The van der Waals surface area contributed by atoms with E-state index in [1.165, 1.54) is 0 Å². The van der Waals surface area contributed by atoms with Gasteiger partial charge in [-0.1, -0.05) is 29.8 Å². The SMILES string of the molecule is Cc1ccc(Oc2ccccc2C(=O)C=N)c(C)c1. The third-order valence-corrected chi connectivity index (χ3v) is 2.83. The molecule has 0 saturated carbocycles. The summed E-state index contributed by atoms with van der Waals surface area (Å²) in [6.07, 6.45) is 0.796. The number of benzene rings is 2. The highest BCUT2D eigenvalue weighted by Crippen LogP contribution is 2.28. The van der Waals surface area contributed by atoms with Crippen molar-refractivity contribution in [3.05, 3.63) is 59.2 Å². The molecule has 3 heteroatoms. The molecule has 2 aromatic carbocycles. The van der Waals surface area contributed by atoms with Crippen LogP contribution in [0.25, 0.3) is 0 Å². The summed E-state index contributed by atoms with van der Waals surface area (Å²) >= 11 is 0. The fourth-order valence-corrected chi connectivity index (χ4v) is 1.87. The number of aryl methyl sites for hydroxylation is 2. The molecule has 1 N–H and O–H groups in total. The molecule has 0 atom stereocenters. The average molecular weight is 253 g/mol. The van der Waals surface area contributed by atoms with Gasteiger partial charge in [0.25, 0.3) is 0 Å². The maximum Gasteiger partial charge on any atom is 0.207 e. The second kappa shape index (κ2) is 5.48. The smallest absolute Gasteiger partial charge is 0.207 e. The molecule has 0 amide bonds. The third-order valence-electron chi connectivity index (χ3n) is 2.83. The van der Waals surface area contributed by atoms with Gasteiger partial charge in [-0.15, -0.1) is 0 Å². The number of rotatable bonds is 4. The molecule has 0 aliphatic carbocycles. The van der Waals surface area contributed by atoms with Crippen LogP contribution < -0.4 is 4.74 Å². The van der Waals surface area contributed by atoms with Crippen molar-refractivity contribution in [2.24, 2.45) is 0 Å². The quantitative estimate of drug-likeness (QED) is 0.663. The molecule has 0 bridgehead atoms. The van der Waals surface area contributed by atoms with Crippen LogP contribution in [0.3, 0.4) is 0 Å². The van der Waals surface area contributed by atoms with Crippen LogP contribution in [0.4, 0.5) is 0 Å². The summed E-state index contributed by atoms with van der Waals surface area (Å²) in [7, 11) is 0. The van der Waals surface area contributed by atoms with Gasteiger partial charge in [0, 0.05) is 0 Å². The molecule has 2 aromatic rings. The van der Waals surface area contributed by atoms with Crippen molar-refractivity contribution >= 4 is 12.0 Å². The second-order valence-electron chi connectivity index (χ2n) is 4.38. The lowest BCUT2D eigenvalue weighted by molar-refractivity contribution is 0.106. The number of hydrogen-bond acceptors (Lipinski definition) is 3. The maximum absolute atomic E-state index is 11.6. The fourth-order valence-electron chi connectivity index (χ4n) is 1.87. The van der Waals surface area contributed by atoms with Crippen LogP contribution in [0, 0.1) is 19.3 Å². The minimum Gasteiger partial charge on any atom is -0.456 e. The molecule has 0 spiro atoms. The lowest BCUT2D eigenvalue weighted by atomic mass is 10.1. The predicted molar refractivity (Wildman–Crippen MR) is 75.5 cm³/mol. The van der Waals surface area contributed by atoms with Gasteiger partial charge in [-0.05, 0) is 37.6 Å². The Hall–Kier alpha value is -2.42. The van der Waals surface area contributed by atoms with E-state index in [2.05, 4.69) is 0 Å². The molecule has 19 heavy (non-hydrogen) atoms. The van der Waals surface area contributed by atoms with E-state index < -0.39 is 0 Å². The number of hydrogen-bond donors (Lipinski definition) is 1. The molecule has 0 radical (unpaired) electrons. The van der Waals surface area contributed by atoms with Crippen LogP contribution in [-0.2, 0) is 0 Å². The Morgan fingerprint density at radius 3 is 2.53 bits per heavy atom. The van der Waals surface area contributed by atoms with E-state index in [0.717, 1.165) is 23.1 Å². The van der Waals surface area contributed by atoms with Crippen molar-refractivity contribution in [2.75, 3.05) is 0 Å². The molecule has 0 saturated heterocycles. The number of Topliss-reactive ketones (excluding diaryl/α,β-unsaturated/α-hetero) is 1. The third kappa shape index (κ3) is 2.88. The van der Waals surface area contributed by atoms with Crippen LogP contribution in [0.5, 0.6) is 11.5 Å². The topological polar surface area (TPSA) is 50.2 Å². The van der Waals surface area contributed by atoms with Gasteiger partial charge in [-0.2, -0.15) is 0 Å². The van der Waals surface area contributed by atoms with Crippen molar-refractivity contribution < 1.29 is 9.53 Å². The van der Waals surface area contributed by atoms with E-state index in [4.69, 9.17) is 10.1 Å². The largest absolute Gasteiger partial charge is 0.456 e. The Bertz CT molecular complexity index is 632. The number of ether oxygens (including phenoxy) is 1. The van der Waals surface area contributed by atoms with Crippen LogP contribution in [0.15, 0.2) is 42.5 Å². The summed E-state index contributed by atoms with van der Waals surface area (Å²) in [5.74, 6) is 0.833. The molecule has 3 nitrogen and oxygen atoms in total. The lowest BCUT2D eigenvalue weighted by Crippen LogP contribution is -2.02. The zero-order valence-electron chi connectivity index (χ0n) is 10.9. The van der Waals surface area contributed by atoms with Gasteiger partial charge in [0.2, 0.25) is 5.78 Å². The first-order valence-corrected chi connectivity index (χ1v) is 6.01. The molecule has 0 aliphatic rings. The fraction of sp³-hybridized carbons (Fsp3) is 0.125. The number of carbonyl (C=O) groups is 1. The minimum absolute atomic E-state index is 0.361. The first-order valence-electron chi connectivity index (χ1n) is 6.01. The summed E-state index contributed by atoms with van der Waals surface area (Å²) in [4.78, 5) is 11.6. The molecule has 0 fully saturated rings. The molecule has 0 aliphatic heterocycles. The monoisotopic (exact) mass is 253 g/mol. The van der Waals surface area contributed by atoms with E-state index in [1.807, 2.05) is 32.0 Å². The van der Waals surface area contributed by atoms with Crippen LogP contribution in [0.2, 0.25) is 0 Å². The Morgan fingerprint density at radius 1 is 1.11 bits per heavy atom. The average Bonchev–Trinajstić information content (AvgIpc) is 2.41. The zero-order chi connectivity index (χ0) is 13.8. The standard InChI is InChI=1S/C16H15NO2/c1-11-7-8-15(12(2)9-11)19-16-6-4-3-5-13(16)14(18)10-17/h3-10,17H,1-2H3. The van der Waals surface area contributed by atoms with Crippen LogP contribution in [0.1, 0.15) is 21.5 Å². The van der Waals surface area contributed by atoms with Crippen molar-refractivity contribution in [1.82, 2.24) is 0 Å². The van der Waals surface area contributed by atoms with E-state index >= 15 is 0 Å². The molecule has 0 aromatic heterocycles. The maximum atomic E-state index is 11.6. The Labute approximate surface area is 112 Å². The highest BCUT2D eigenvalue weighted by molar-refractivity contribution is 6.35. The summed E-state index contributed by atoms with van der Waals surface area (Å²) in [6.45, 7) is 3.98.